The monoisotopic (exact) mass is 218 g/mol. The summed E-state index contributed by atoms with van der Waals surface area (Å²) < 4.78 is 5.05. The fraction of sp³-hybridized carbons (Fsp3) is 0.250. The molecule has 0 aliphatic rings. The second-order valence-corrected chi connectivity index (χ2v) is 3.64. The Labute approximate surface area is 93.9 Å². The largest absolute Gasteiger partial charge is 0.508 e. The Bertz CT molecular complexity index is 474. The van der Waals surface area contributed by atoms with Gasteiger partial charge >= 0.3 is 0 Å². The molecule has 1 aromatic carbocycles. The summed E-state index contributed by atoms with van der Waals surface area (Å²) in [6, 6.07) is 6.93. The van der Waals surface area contributed by atoms with E-state index in [1.807, 2.05) is 19.1 Å². The lowest BCUT2D eigenvalue weighted by molar-refractivity contribution is 0.181. The van der Waals surface area contributed by atoms with E-state index < -0.39 is 0 Å². The summed E-state index contributed by atoms with van der Waals surface area (Å²) >= 11 is 0. The van der Waals surface area contributed by atoms with E-state index in [2.05, 4.69) is 9.97 Å². The molecule has 2 aromatic rings. The SMILES string of the molecule is COCc1nc(-c2ccc(O)cc2)[nH]c1C. The Morgan fingerprint density at radius 1 is 1.31 bits per heavy atom. The fourth-order valence-corrected chi connectivity index (χ4v) is 1.53. The van der Waals surface area contributed by atoms with Gasteiger partial charge in [-0.1, -0.05) is 0 Å². The number of hydrogen-bond acceptors (Lipinski definition) is 3. The third-order valence-electron chi connectivity index (χ3n) is 2.41. The molecule has 0 bridgehead atoms. The van der Waals surface area contributed by atoms with Gasteiger partial charge in [0.25, 0.3) is 0 Å². The maximum Gasteiger partial charge on any atom is 0.137 e. The Morgan fingerprint density at radius 3 is 2.62 bits per heavy atom. The van der Waals surface area contributed by atoms with Gasteiger partial charge in [-0.25, -0.2) is 4.98 Å². The molecule has 2 rings (SSSR count). The van der Waals surface area contributed by atoms with Crippen LogP contribution in [0.15, 0.2) is 24.3 Å². The van der Waals surface area contributed by atoms with Crippen molar-refractivity contribution >= 4 is 0 Å². The highest BCUT2D eigenvalue weighted by molar-refractivity contribution is 5.57. The Kier molecular flexibility index (Phi) is 2.92. The smallest absolute Gasteiger partial charge is 0.137 e. The van der Waals surface area contributed by atoms with Crippen LogP contribution in [0.5, 0.6) is 5.75 Å². The molecule has 16 heavy (non-hydrogen) atoms. The van der Waals surface area contributed by atoms with E-state index >= 15 is 0 Å². The number of H-pyrrole nitrogens is 1. The lowest BCUT2D eigenvalue weighted by Gasteiger charge is -1.96. The van der Waals surface area contributed by atoms with Crippen LogP contribution in [-0.2, 0) is 11.3 Å². The first-order chi connectivity index (χ1) is 7.70. The number of hydrogen-bond donors (Lipinski definition) is 2. The van der Waals surface area contributed by atoms with Gasteiger partial charge in [-0.2, -0.15) is 0 Å². The summed E-state index contributed by atoms with van der Waals surface area (Å²) in [4.78, 5) is 7.63. The van der Waals surface area contributed by atoms with Crippen LogP contribution in [0.4, 0.5) is 0 Å². The predicted molar refractivity (Wildman–Crippen MR) is 61.1 cm³/mol. The van der Waals surface area contributed by atoms with Gasteiger partial charge in [0.2, 0.25) is 0 Å². The number of aryl methyl sites for hydroxylation is 1. The molecule has 0 atom stereocenters. The van der Waals surface area contributed by atoms with Crippen LogP contribution in [0.3, 0.4) is 0 Å². The van der Waals surface area contributed by atoms with Crippen molar-refractivity contribution in [2.45, 2.75) is 13.5 Å². The molecule has 2 N–H and O–H groups in total. The summed E-state index contributed by atoms with van der Waals surface area (Å²) in [5.74, 6) is 1.05. The van der Waals surface area contributed by atoms with E-state index in [1.54, 1.807) is 19.2 Å². The topological polar surface area (TPSA) is 58.1 Å². The van der Waals surface area contributed by atoms with E-state index in [0.29, 0.717) is 6.61 Å². The number of imidazole rings is 1. The van der Waals surface area contributed by atoms with Gasteiger partial charge in [-0.15, -0.1) is 0 Å². The summed E-state index contributed by atoms with van der Waals surface area (Å²) in [5.41, 5.74) is 2.86. The molecule has 0 spiro atoms. The molecular formula is C12H14N2O2. The van der Waals surface area contributed by atoms with Crippen molar-refractivity contribution in [3.8, 4) is 17.1 Å². The molecule has 1 aromatic heterocycles. The van der Waals surface area contributed by atoms with Crippen molar-refractivity contribution in [1.82, 2.24) is 9.97 Å². The minimum absolute atomic E-state index is 0.254. The van der Waals surface area contributed by atoms with Crippen molar-refractivity contribution in [3.63, 3.8) is 0 Å². The van der Waals surface area contributed by atoms with Gasteiger partial charge in [0.1, 0.15) is 11.6 Å². The number of benzene rings is 1. The summed E-state index contributed by atoms with van der Waals surface area (Å²) in [7, 11) is 1.65. The Hall–Kier alpha value is -1.81. The normalized spacial score (nSPS) is 10.6. The second-order valence-electron chi connectivity index (χ2n) is 3.64. The van der Waals surface area contributed by atoms with Crippen LogP contribution in [0.25, 0.3) is 11.4 Å². The van der Waals surface area contributed by atoms with Gasteiger partial charge in [-0.05, 0) is 31.2 Å². The molecule has 84 valence electrons. The van der Waals surface area contributed by atoms with Gasteiger partial charge in [0.15, 0.2) is 0 Å². The summed E-state index contributed by atoms with van der Waals surface area (Å²) in [5, 5.41) is 9.20. The quantitative estimate of drug-likeness (QED) is 0.830. The molecule has 4 heteroatoms. The first kappa shape index (κ1) is 10.7. The third kappa shape index (κ3) is 2.06. The molecule has 4 nitrogen and oxygen atoms in total. The van der Waals surface area contributed by atoms with E-state index in [4.69, 9.17) is 4.74 Å². The molecule has 0 radical (unpaired) electrons. The highest BCUT2D eigenvalue weighted by atomic mass is 16.5. The number of aromatic amines is 1. The highest BCUT2D eigenvalue weighted by Crippen LogP contribution is 2.20. The van der Waals surface area contributed by atoms with E-state index in [1.165, 1.54) is 0 Å². The predicted octanol–water partition coefficient (Wildman–Crippen LogP) is 2.24. The van der Waals surface area contributed by atoms with Crippen LogP contribution < -0.4 is 0 Å². The minimum atomic E-state index is 0.254. The Balaban J connectivity index is 2.33. The zero-order valence-corrected chi connectivity index (χ0v) is 9.32. The molecule has 0 unspecified atom stereocenters. The fourth-order valence-electron chi connectivity index (χ4n) is 1.53. The summed E-state index contributed by atoms with van der Waals surface area (Å²) in [6.07, 6.45) is 0. The molecule has 0 saturated carbocycles. The van der Waals surface area contributed by atoms with Crippen LogP contribution >= 0.6 is 0 Å². The van der Waals surface area contributed by atoms with Crippen LogP contribution in [0.2, 0.25) is 0 Å². The number of methoxy groups -OCH3 is 1. The van der Waals surface area contributed by atoms with E-state index in [9.17, 15) is 5.11 Å². The third-order valence-corrected chi connectivity index (χ3v) is 2.41. The number of aromatic hydroxyl groups is 1. The standard InChI is InChI=1S/C12H14N2O2/c1-8-11(7-16-2)14-12(13-8)9-3-5-10(15)6-4-9/h3-6,15H,7H2,1-2H3,(H,13,14). The average Bonchev–Trinajstić information content (AvgIpc) is 2.62. The zero-order valence-electron chi connectivity index (χ0n) is 9.32. The first-order valence-corrected chi connectivity index (χ1v) is 5.04. The van der Waals surface area contributed by atoms with Crippen molar-refractivity contribution in [1.29, 1.82) is 0 Å². The van der Waals surface area contributed by atoms with Crippen molar-refractivity contribution in [2.75, 3.05) is 7.11 Å². The van der Waals surface area contributed by atoms with Crippen molar-refractivity contribution < 1.29 is 9.84 Å². The molecule has 0 fully saturated rings. The molecule has 0 saturated heterocycles. The molecular weight excluding hydrogens is 204 g/mol. The lowest BCUT2D eigenvalue weighted by atomic mass is 10.2. The number of phenols is 1. The summed E-state index contributed by atoms with van der Waals surface area (Å²) in [6.45, 7) is 2.46. The molecule has 0 amide bonds. The maximum atomic E-state index is 9.20. The number of ether oxygens (including phenoxy) is 1. The number of nitrogens with one attached hydrogen (secondary N) is 1. The molecule has 1 heterocycles. The van der Waals surface area contributed by atoms with Gasteiger partial charge < -0.3 is 14.8 Å². The zero-order chi connectivity index (χ0) is 11.5. The minimum Gasteiger partial charge on any atom is -0.508 e. The van der Waals surface area contributed by atoms with Crippen molar-refractivity contribution in [2.24, 2.45) is 0 Å². The first-order valence-electron chi connectivity index (χ1n) is 5.04. The number of phenolic OH excluding ortho intramolecular Hbond substituents is 1. The van der Waals surface area contributed by atoms with Gasteiger partial charge in [0.05, 0.1) is 12.3 Å². The van der Waals surface area contributed by atoms with Crippen molar-refractivity contribution in [3.05, 3.63) is 35.7 Å². The van der Waals surface area contributed by atoms with E-state index in [-0.39, 0.29) is 5.75 Å². The maximum absolute atomic E-state index is 9.20. The van der Waals surface area contributed by atoms with Crippen LogP contribution in [0.1, 0.15) is 11.4 Å². The van der Waals surface area contributed by atoms with Crippen LogP contribution in [0, 0.1) is 6.92 Å². The number of rotatable bonds is 3. The Morgan fingerprint density at radius 2 is 2.00 bits per heavy atom. The lowest BCUT2D eigenvalue weighted by Crippen LogP contribution is -1.89. The van der Waals surface area contributed by atoms with E-state index in [0.717, 1.165) is 22.8 Å². The van der Waals surface area contributed by atoms with Gasteiger partial charge in [-0.3, -0.25) is 0 Å². The van der Waals surface area contributed by atoms with Crippen LogP contribution in [-0.4, -0.2) is 22.2 Å². The second kappa shape index (κ2) is 4.37. The van der Waals surface area contributed by atoms with Gasteiger partial charge in [0, 0.05) is 18.4 Å². The average molecular weight is 218 g/mol. The number of nitrogens with zero attached hydrogens (tertiary/aromatic N) is 1. The highest BCUT2D eigenvalue weighted by Gasteiger charge is 2.07. The molecule has 0 aliphatic carbocycles. The number of aromatic nitrogens is 2. The molecule has 0 aliphatic heterocycles.